The number of alkyl carbamates (subject to hydrolysis) is 1. The van der Waals surface area contributed by atoms with Crippen LogP contribution in [0.4, 0.5) is 4.79 Å². The number of carbonyl (C=O) groups excluding carboxylic acids is 3. The number of fused-ring (bicyclic) bond motifs is 1. The van der Waals surface area contributed by atoms with Crippen molar-refractivity contribution in [3.8, 4) is 11.3 Å². The zero-order valence-corrected chi connectivity index (χ0v) is 33.4. The van der Waals surface area contributed by atoms with Gasteiger partial charge in [-0.1, -0.05) is 103 Å². The number of methoxy groups -OCH3 is 1. The average Bonchev–Trinajstić information content (AvgIpc) is 4.13. The highest BCUT2D eigenvalue weighted by molar-refractivity contribution is 5.88. The molecule has 60 heavy (non-hydrogen) atoms. The van der Waals surface area contributed by atoms with Crippen LogP contribution in [-0.4, -0.2) is 81.4 Å². The molecule has 2 aliphatic rings. The number of hydrogen-bond donors (Lipinski definition) is 3. The van der Waals surface area contributed by atoms with Gasteiger partial charge in [0.2, 0.25) is 6.40 Å². The van der Waals surface area contributed by atoms with E-state index in [1.165, 1.54) is 14.2 Å². The van der Waals surface area contributed by atoms with Crippen molar-refractivity contribution in [3.05, 3.63) is 143 Å². The maximum atomic E-state index is 13.9. The summed E-state index contributed by atoms with van der Waals surface area (Å²) in [5.41, 5.74) is 6.87. The lowest BCUT2D eigenvalue weighted by Crippen LogP contribution is -2.42. The van der Waals surface area contributed by atoms with Gasteiger partial charge in [0.05, 0.1) is 43.0 Å². The summed E-state index contributed by atoms with van der Waals surface area (Å²) in [4.78, 5) is 74.2. The van der Waals surface area contributed by atoms with E-state index in [0.29, 0.717) is 24.5 Å². The SMILES string of the molecule is COO/C=N\[C@@H](C(=O)N1CCC[C@H]1c1nc(-c2ccc(/C=C/c3ccc4[nH]c([C@@H]5CCCN5C(=O)[C@H](NC(=O)OC)c5ccccc5)nc4c3)cc2)c[nH]1)c1ccccc1. The summed E-state index contributed by atoms with van der Waals surface area (Å²) in [5.74, 6) is 1.11. The Hall–Kier alpha value is -7.06. The normalized spacial score (nSPS) is 17.7. The maximum Gasteiger partial charge on any atom is 0.407 e. The summed E-state index contributed by atoms with van der Waals surface area (Å²) in [6.45, 7) is 1.16. The Morgan fingerprint density at radius 1 is 0.783 bits per heavy atom. The Morgan fingerprint density at radius 3 is 2.13 bits per heavy atom. The van der Waals surface area contributed by atoms with E-state index in [0.717, 1.165) is 76.9 Å². The van der Waals surface area contributed by atoms with E-state index in [1.807, 2.05) is 120 Å². The molecule has 0 unspecified atom stereocenters. The third kappa shape index (κ3) is 8.69. The summed E-state index contributed by atoms with van der Waals surface area (Å²) in [7, 11) is 2.67. The number of aromatic nitrogens is 4. The molecule has 4 aromatic carbocycles. The van der Waals surface area contributed by atoms with Crippen LogP contribution in [0.2, 0.25) is 0 Å². The summed E-state index contributed by atoms with van der Waals surface area (Å²) in [6, 6.07) is 30.7. The third-order valence-corrected chi connectivity index (χ3v) is 11.0. The second kappa shape index (κ2) is 18.2. The van der Waals surface area contributed by atoms with Crippen molar-refractivity contribution in [1.82, 2.24) is 35.1 Å². The van der Waals surface area contributed by atoms with Crippen LogP contribution in [0, 0.1) is 0 Å². The first-order chi connectivity index (χ1) is 29.4. The molecule has 4 heterocycles. The number of aromatic amines is 2. The fraction of sp³-hybridized carbons (Fsp3) is 0.261. The van der Waals surface area contributed by atoms with Crippen molar-refractivity contribution in [2.24, 2.45) is 4.99 Å². The van der Waals surface area contributed by atoms with Gasteiger partial charge < -0.3 is 34.7 Å². The van der Waals surface area contributed by atoms with Crippen molar-refractivity contribution in [2.45, 2.75) is 49.9 Å². The molecule has 3 N–H and O–H groups in total. The number of carbonyl (C=O) groups is 3. The van der Waals surface area contributed by atoms with Crippen LogP contribution < -0.4 is 5.32 Å². The van der Waals surface area contributed by atoms with Crippen molar-refractivity contribution in [1.29, 1.82) is 0 Å². The van der Waals surface area contributed by atoms with E-state index in [2.05, 4.69) is 31.2 Å². The van der Waals surface area contributed by atoms with Gasteiger partial charge in [-0.3, -0.25) is 9.59 Å². The minimum Gasteiger partial charge on any atom is -0.453 e. The number of aliphatic imine (C=N–C) groups is 1. The number of H-pyrrole nitrogens is 2. The van der Waals surface area contributed by atoms with E-state index in [9.17, 15) is 14.4 Å². The quantitative estimate of drug-likeness (QED) is 0.0348. The molecule has 0 radical (unpaired) electrons. The molecular formula is C46H46N8O6. The second-order valence-corrected chi connectivity index (χ2v) is 14.7. The van der Waals surface area contributed by atoms with Crippen molar-refractivity contribution >= 4 is 47.5 Å². The topological polar surface area (TPSA) is 167 Å². The molecule has 6 aromatic rings. The molecular weight excluding hydrogens is 761 g/mol. The molecule has 0 saturated carbocycles. The van der Waals surface area contributed by atoms with E-state index in [-0.39, 0.29) is 23.9 Å². The highest BCUT2D eigenvalue weighted by atomic mass is 17.2. The van der Waals surface area contributed by atoms with Crippen LogP contribution in [0.15, 0.2) is 114 Å². The molecule has 2 aromatic heterocycles. The minimum atomic E-state index is -0.881. The van der Waals surface area contributed by atoms with E-state index in [4.69, 9.17) is 19.6 Å². The van der Waals surface area contributed by atoms with Gasteiger partial charge in [0.25, 0.3) is 11.8 Å². The lowest BCUT2D eigenvalue weighted by Gasteiger charge is -2.28. The molecule has 14 heteroatoms. The lowest BCUT2D eigenvalue weighted by molar-refractivity contribution is -0.188. The van der Waals surface area contributed by atoms with Crippen molar-refractivity contribution in [2.75, 3.05) is 27.3 Å². The number of likely N-dealkylation sites (tertiary alicyclic amines) is 2. The molecule has 0 aliphatic carbocycles. The predicted octanol–water partition coefficient (Wildman–Crippen LogP) is 7.90. The van der Waals surface area contributed by atoms with Crippen LogP contribution in [0.25, 0.3) is 34.4 Å². The molecule has 8 rings (SSSR count). The largest absolute Gasteiger partial charge is 0.453 e. The van der Waals surface area contributed by atoms with Crippen molar-refractivity contribution in [3.63, 3.8) is 0 Å². The van der Waals surface area contributed by atoms with Crippen LogP contribution in [0.5, 0.6) is 0 Å². The van der Waals surface area contributed by atoms with E-state index in [1.54, 1.807) is 4.90 Å². The number of imidazole rings is 2. The predicted molar refractivity (Wildman–Crippen MR) is 227 cm³/mol. The van der Waals surface area contributed by atoms with Gasteiger partial charge in [-0.2, -0.15) is 4.89 Å². The number of rotatable bonds is 13. The molecule has 0 bridgehead atoms. The fourth-order valence-corrected chi connectivity index (χ4v) is 8.04. The Bertz CT molecular complexity index is 2480. The molecule has 4 atom stereocenters. The summed E-state index contributed by atoms with van der Waals surface area (Å²) < 4.78 is 4.83. The Balaban J connectivity index is 0.930. The van der Waals surface area contributed by atoms with Gasteiger partial charge >= 0.3 is 6.09 Å². The lowest BCUT2D eigenvalue weighted by atomic mass is 10.1. The molecule has 14 nitrogen and oxygen atoms in total. The van der Waals surface area contributed by atoms with Gasteiger partial charge in [-0.25, -0.2) is 19.8 Å². The molecule has 3 amide bonds. The van der Waals surface area contributed by atoms with Crippen LogP contribution in [0.3, 0.4) is 0 Å². The molecule has 306 valence electrons. The first-order valence-corrected chi connectivity index (χ1v) is 20.0. The van der Waals surface area contributed by atoms with Gasteiger partial charge in [-0.05, 0) is 60.1 Å². The van der Waals surface area contributed by atoms with Crippen LogP contribution >= 0.6 is 0 Å². The summed E-state index contributed by atoms with van der Waals surface area (Å²) in [5, 5.41) is 2.72. The molecule has 0 spiro atoms. The van der Waals surface area contributed by atoms with Gasteiger partial charge in [0, 0.05) is 24.8 Å². The molecule has 2 saturated heterocycles. The van der Waals surface area contributed by atoms with Crippen LogP contribution in [0.1, 0.15) is 83.8 Å². The molecule has 2 fully saturated rings. The average molecular weight is 807 g/mol. The molecule has 2 aliphatic heterocycles. The van der Waals surface area contributed by atoms with E-state index < -0.39 is 18.2 Å². The number of benzene rings is 4. The zero-order chi connectivity index (χ0) is 41.4. The highest BCUT2D eigenvalue weighted by Crippen LogP contribution is 2.36. The summed E-state index contributed by atoms with van der Waals surface area (Å²) in [6.07, 6.45) is 9.69. The van der Waals surface area contributed by atoms with Gasteiger partial charge in [0.15, 0.2) is 6.04 Å². The number of nitrogens with zero attached hydrogens (tertiary/aromatic N) is 5. The van der Waals surface area contributed by atoms with Crippen LogP contribution in [-0.2, 0) is 24.1 Å². The van der Waals surface area contributed by atoms with Gasteiger partial charge in [0.1, 0.15) is 17.7 Å². The van der Waals surface area contributed by atoms with E-state index >= 15 is 0 Å². The second-order valence-electron chi connectivity index (χ2n) is 14.7. The fourth-order valence-electron chi connectivity index (χ4n) is 8.04. The first kappa shape index (κ1) is 39.8. The number of ether oxygens (including phenoxy) is 1. The maximum absolute atomic E-state index is 13.9. The number of nitrogens with one attached hydrogen (secondary N) is 3. The van der Waals surface area contributed by atoms with Crippen molar-refractivity contribution < 1.29 is 28.9 Å². The minimum absolute atomic E-state index is 0.128. The smallest absolute Gasteiger partial charge is 0.407 e. The monoisotopic (exact) mass is 806 g/mol. The Labute approximate surface area is 347 Å². The first-order valence-electron chi connectivity index (χ1n) is 20.0. The number of amides is 3. The Morgan fingerprint density at radius 2 is 1.43 bits per heavy atom. The van der Waals surface area contributed by atoms with Gasteiger partial charge in [-0.15, -0.1) is 0 Å². The third-order valence-electron chi connectivity index (χ3n) is 11.0. The Kier molecular flexibility index (Phi) is 12.1. The number of hydrogen-bond acceptors (Lipinski definition) is 9. The summed E-state index contributed by atoms with van der Waals surface area (Å²) >= 11 is 0. The highest BCUT2D eigenvalue weighted by Gasteiger charge is 2.38. The standard InChI is InChI=1S/C46H46N8O6/c1-58-46(57)52-41(34-13-7-4-8-14-34)45(56)54-26-10-16-39(54)43-49-35-24-21-31(27-36(35)50-43)18-17-30-19-22-32(23-20-30)37-28-47-42(51-37)38-15-9-25-53(38)44(55)40(48-29-60-59-2)33-11-5-3-6-12-33/h3-8,11-14,17-24,27-29,38-41H,9-10,15-16,25-26H2,1-2H3,(H,47,51)(H,49,50)(H,52,57)/b18-17+,48-29-/t38-,39-,40+,41+/m0/s1. The zero-order valence-electron chi connectivity index (χ0n) is 33.4.